The minimum absolute atomic E-state index is 0.267. The Morgan fingerprint density at radius 2 is 1.67 bits per heavy atom. The number of fused-ring (bicyclic) bond motifs is 1. The summed E-state index contributed by atoms with van der Waals surface area (Å²) in [7, 11) is 0. The van der Waals surface area contributed by atoms with Crippen molar-refractivity contribution in [3.8, 4) is 0 Å². The van der Waals surface area contributed by atoms with Crippen LogP contribution in [-0.4, -0.2) is 54.2 Å². The molecule has 36 heavy (non-hydrogen) atoms. The van der Waals surface area contributed by atoms with Gasteiger partial charge < -0.3 is 18.9 Å². The number of esters is 4. The largest absolute Gasteiger partial charge is 0.458 e. The molecule has 198 valence electrons. The van der Waals surface area contributed by atoms with Crippen molar-refractivity contribution in [2.75, 3.05) is 6.61 Å². The van der Waals surface area contributed by atoms with Gasteiger partial charge in [-0.05, 0) is 68.6 Å². The number of carbonyl (C=O) groups is 4. The van der Waals surface area contributed by atoms with Crippen molar-refractivity contribution in [3.63, 3.8) is 0 Å². The minimum atomic E-state index is -3.73. The quantitative estimate of drug-likeness (QED) is 0.380. The van der Waals surface area contributed by atoms with Crippen molar-refractivity contribution in [1.29, 1.82) is 0 Å². The summed E-state index contributed by atoms with van der Waals surface area (Å²) in [5.41, 5.74) is -0.514. The molecule has 6 atom stereocenters. The van der Waals surface area contributed by atoms with Crippen LogP contribution in [0.15, 0.2) is 0 Å². The van der Waals surface area contributed by atoms with Crippen LogP contribution in [0.5, 0.6) is 0 Å². The standard InChI is InChI=1S/C26H32F2O8/c1-3-26(13-5-11-4-12(7-13)8-14(26)6-11)36-23(31)19-16-9-15-18(19)22(30)35-21(15)20(16)34-17(29)10-33-24(32)25(2,27)28/h11-16,18-21H,3-10H2,1-2H3. The van der Waals surface area contributed by atoms with E-state index in [0.717, 1.165) is 32.1 Å². The van der Waals surface area contributed by atoms with Crippen molar-refractivity contribution >= 4 is 23.9 Å². The summed E-state index contributed by atoms with van der Waals surface area (Å²) in [6, 6.07) is 0. The number of ether oxygens (including phenoxy) is 4. The summed E-state index contributed by atoms with van der Waals surface area (Å²) in [5, 5.41) is 0. The Kier molecular flexibility index (Phi) is 5.43. The Morgan fingerprint density at radius 3 is 2.25 bits per heavy atom. The Labute approximate surface area is 207 Å². The first-order chi connectivity index (χ1) is 17.0. The van der Waals surface area contributed by atoms with Crippen molar-refractivity contribution in [3.05, 3.63) is 0 Å². The highest BCUT2D eigenvalue weighted by molar-refractivity contribution is 5.86. The molecule has 6 unspecified atom stereocenters. The zero-order valence-corrected chi connectivity index (χ0v) is 20.5. The average molecular weight is 511 g/mol. The third-order valence-electron chi connectivity index (χ3n) is 10.1. The first kappa shape index (κ1) is 24.1. The fourth-order valence-corrected chi connectivity index (χ4v) is 8.96. The molecule has 0 aromatic carbocycles. The van der Waals surface area contributed by atoms with Gasteiger partial charge in [-0.25, -0.2) is 9.59 Å². The van der Waals surface area contributed by atoms with Crippen molar-refractivity contribution < 1.29 is 46.9 Å². The molecule has 6 saturated carbocycles. The SMILES string of the molecule is CCC1(OC(=O)C2C3CC4C(OC(=O)C42)C3OC(=O)COC(=O)C(C)(F)F)C2CC3CC(C2)CC1C3. The van der Waals surface area contributed by atoms with Gasteiger partial charge >= 0.3 is 29.8 Å². The molecule has 6 aliphatic carbocycles. The number of carbonyl (C=O) groups excluding carboxylic acids is 4. The summed E-state index contributed by atoms with van der Waals surface area (Å²) >= 11 is 0. The number of alkyl halides is 2. The Balaban J connectivity index is 1.17. The molecule has 0 amide bonds. The van der Waals surface area contributed by atoms with E-state index in [1.807, 2.05) is 0 Å². The molecular weight excluding hydrogens is 478 g/mol. The van der Waals surface area contributed by atoms with Crippen LogP contribution in [0.1, 0.15) is 58.8 Å². The monoisotopic (exact) mass is 510 g/mol. The van der Waals surface area contributed by atoms with E-state index in [1.165, 1.54) is 6.42 Å². The minimum Gasteiger partial charge on any atom is -0.458 e. The molecule has 7 aliphatic rings. The predicted molar refractivity (Wildman–Crippen MR) is 116 cm³/mol. The molecule has 10 heteroatoms. The van der Waals surface area contributed by atoms with Crippen LogP contribution in [-0.2, 0) is 38.1 Å². The van der Waals surface area contributed by atoms with E-state index in [1.54, 1.807) is 0 Å². The highest BCUT2D eigenvalue weighted by Gasteiger charge is 2.71. The van der Waals surface area contributed by atoms with E-state index in [4.69, 9.17) is 14.2 Å². The predicted octanol–water partition coefficient (Wildman–Crippen LogP) is 3.05. The Bertz CT molecular complexity index is 961. The van der Waals surface area contributed by atoms with Gasteiger partial charge in [-0.2, -0.15) is 8.78 Å². The van der Waals surface area contributed by atoms with Crippen LogP contribution in [0.2, 0.25) is 0 Å². The molecule has 7 rings (SSSR count). The molecule has 0 aromatic rings. The van der Waals surface area contributed by atoms with Gasteiger partial charge in [0.2, 0.25) is 0 Å². The van der Waals surface area contributed by atoms with Gasteiger partial charge in [-0.1, -0.05) is 6.92 Å². The van der Waals surface area contributed by atoms with Crippen molar-refractivity contribution in [1.82, 2.24) is 0 Å². The third-order valence-corrected chi connectivity index (χ3v) is 10.1. The molecule has 7 fully saturated rings. The van der Waals surface area contributed by atoms with Crippen LogP contribution in [0.4, 0.5) is 8.78 Å². The third kappa shape index (κ3) is 3.49. The Morgan fingerprint density at radius 1 is 1.03 bits per heavy atom. The van der Waals surface area contributed by atoms with Crippen LogP contribution in [0.25, 0.3) is 0 Å². The lowest BCUT2D eigenvalue weighted by Crippen LogP contribution is -2.60. The second kappa shape index (κ2) is 8.12. The van der Waals surface area contributed by atoms with Gasteiger partial charge in [0.1, 0.15) is 17.8 Å². The maximum absolute atomic E-state index is 13.8. The van der Waals surface area contributed by atoms with Gasteiger partial charge in [0, 0.05) is 18.8 Å². The smallest absolute Gasteiger partial charge is 0.377 e. The molecule has 1 heterocycles. The molecule has 0 aromatic heterocycles. The molecular formula is C26H32F2O8. The van der Waals surface area contributed by atoms with Crippen LogP contribution in [0, 0.1) is 47.3 Å². The van der Waals surface area contributed by atoms with E-state index in [2.05, 4.69) is 11.7 Å². The molecule has 1 saturated heterocycles. The fourth-order valence-electron chi connectivity index (χ4n) is 8.96. The maximum Gasteiger partial charge on any atom is 0.377 e. The highest BCUT2D eigenvalue weighted by Crippen LogP contribution is 2.63. The second-order valence-corrected chi connectivity index (χ2v) is 12.0. The summed E-state index contributed by atoms with van der Waals surface area (Å²) in [4.78, 5) is 50.1. The first-order valence-electron chi connectivity index (χ1n) is 13.2. The van der Waals surface area contributed by atoms with E-state index < -0.39 is 72.0 Å². The summed E-state index contributed by atoms with van der Waals surface area (Å²) in [6.07, 6.45) is 5.20. The maximum atomic E-state index is 13.8. The lowest BCUT2D eigenvalue weighted by Gasteiger charge is -2.60. The van der Waals surface area contributed by atoms with Crippen LogP contribution < -0.4 is 0 Å². The van der Waals surface area contributed by atoms with E-state index in [9.17, 15) is 28.0 Å². The van der Waals surface area contributed by atoms with E-state index in [-0.39, 0.29) is 5.92 Å². The molecule has 0 radical (unpaired) electrons. The molecule has 0 N–H and O–H groups in total. The molecule has 0 spiro atoms. The van der Waals surface area contributed by atoms with Gasteiger partial charge in [-0.3, -0.25) is 9.59 Å². The lowest BCUT2D eigenvalue weighted by atomic mass is 9.49. The topological polar surface area (TPSA) is 105 Å². The lowest BCUT2D eigenvalue weighted by molar-refractivity contribution is -0.218. The molecule has 8 nitrogen and oxygen atoms in total. The summed E-state index contributed by atoms with van der Waals surface area (Å²) < 4.78 is 47.8. The molecule has 1 aliphatic heterocycles. The summed E-state index contributed by atoms with van der Waals surface area (Å²) in [6.45, 7) is 1.46. The van der Waals surface area contributed by atoms with Crippen molar-refractivity contribution in [2.45, 2.75) is 82.5 Å². The fraction of sp³-hybridized carbons (Fsp3) is 0.846. The zero-order valence-electron chi connectivity index (χ0n) is 20.5. The van der Waals surface area contributed by atoms with Crippen LogP contribution >= 0.6 is 0 Å². The van der Waals surface area contributed by atoms with Gasteiger partial charge in [0.25, 0.3) is 0 Å². The normalized spacial score (nSPS) is 45.5. The average Bonchev–Trinajstić information content (AvgIpc) is 3.42. The Hall–Kier alpha value is -2.26. The number of hydrogen-bond donors (Lipinski definition) is 0. The van der Waals surface area contributed by atoms with Crippen molar-refractivity contribution in [2.24, 2.45) is 47.3 Å². The second-order valence-electron chi connectivity index (χ2n) is 12.0. The number of rotatable bonds is 7. The summed E-state index contributed by atoms with van der Waals surface area (Å²) in [5.74, 6) is -7.53. The van der Waals surface area contributed by atoms with Gasteiger partial charge in [0.15, 0.2) is 6.61 Å². The number of halogens is 2. The van der Waals surface area contributed by atoms with Gasteiger partial charge in [0.05, 0.1) is 11.8 Å². The highest BCUT2D eigenvalue weighted by atomic mass is 19.3. The van der Waals surface area contributed by atoms with E-state index in [0.29, 0.717) is 37.0 Å². The van der Waals surface area contributed by atoms with Crippen LogP contribution in [0.3, 0.4) is 0 Å². The zero-order chi connectivity index (χ0) is 25.6. The van der Waals surface area contributed by atoms with E-state index >= 15 is 0 Å². The first-order valence-corrected chi connectivity index (χ1v) is 13.2. The van der Waals surface area contributed by atoms with Gasteiger partial charge in [-0.15, -0.1) is 0 Å². The number of hydrogen-bond acceptors (Lipinski definition) is 8. The molecule has 6 bridgehead atoms.